The van der Waals surface area contributed by atoms with E-state index >= 15 is 0 Å². The molecule has 0 spiro atoms. The summed E-state index contributed by atoms with van der Waals surface area (Å²) < 4.78 is 0. The summed E-state index contributed by atoms with van der Waals surface area (Å²) in [5.41, 5.74) is -1.67. The number of rotatable bonds is 1. The van der Waals surface area contributed by atoms with Crippen molar-refractivity contribution in [1.82, 2.24) is 0 Å². The topological polar surface area (TPSA) is 88.5 Å². The molecule has 0 heterocycles. The molecule has 0 saturated heterocycles. The molecule has 3 fully saturated rings. The first kappa shape index (κ1) is 23.1. The molecule has 0 bridgehead atoms. The van der Waals surface area contributed by atoms with E-state index in [1.807, 2.05) is 20.8 Å². The maximum Gasteiger partial charge on any atom is 0.160 e. The fraction of sp³-hybridized carbons (Fsp3) is 0.786. The fourth-order valence-electron chi connectivity index (χ4n) is 9.41. The summed E-state index contributed by atoms with van der Waals surface area (Å²) in [6, 6.07) is 0. The second-order valence-electron chi connectivity index (χ2n) is 13.3. The Kier molecular flexibility index (Phi) is 4.58. The molecular weight excluding hydrogens is 416 g/mol. The first-order valence-corrected chi connectivity index (χ1v) is 12.7. The van der Waals surface area contributed by atoms with Crippen LogP contribution < -0.4 is 0 Å². The van der Waals surface area contributed by atoms with Gasteiger partial charge in [-0.15, -0.1) is 0 Å². The second kappa shape index (κ2) is 6.53. The average molecular weight is 455 g/mol. The minimum Gasteiger partial charge on any atom is -0.389 e. The predicted octanol–water partition coefficient (Wildman–Crippen LogP) is 4.39. The second-order valence-corrected chi connectivity index (χ2v) is 13.3. The highest BCUT2D eigenvalue weighted by Gasteiger charge is 2.72. The third-order valence-corrected chi connectivity index (χ3v) is 11.5. The third-order valence-electron chi connectivity index (χ3n) is 11.5. The van der Waals surface area contributed by atoms with Gasteiger partial charge in [0, 0.05) is 48.5 Å². The summed E-state index contributed by atoms with van der Waals surface area (Å²) in [5.74, 6) is 0.378. The first-order valence-electron chi connectivity index (χ1n) is 12.7. The molecule has 0 amide bonds. The van der Waals surface area contributed by atoms with Crippen LogP contribution in [0, 0.1) is 38.9 Å². The van der Waals surface area contributed by atoms with Crippen molar-refractivity contribution in [3.8, 4) is 0 Å². The number of allylic oxidation sites excluding steroid dienone is 1. The van der Waals surface area contributed by atoms with Gasteiger partial charge in [-0.3, -0.25) is 19.2 Å². The van der Waals surface area contributed by atoms with E-state index in [0.29, 0.717) is 49.7 Å². The van der Waals surface area contributed by atoms with E-state index in [4.69, 9.17) is 0 Å². The van der Waals surface area contributed by atoms with Crippen LogP contribution in [-0.2, 0) is 19.2 Å². The highest BCUT2D eigenvalue weighted by Crippen LogP contribution is 2.72. The summed E-state index contributed by atoms with van der Waals surface area (Å²) in [6.07, 6.45) is 2.91. The number of ketones is 4. The van der Waals surface area contributed by atoms with Crippen LogP contribution in [-0.4, -0.2) is 34.3 Å². The minimum atomic E-state index is -0.922. The van der Waals surface area contributed by atoms with Crippen molar-refractivity contribution in [2.45, 2.75) is 99.0 Å². The molecule has 0 aliphatic heterocycles. The lowest BCUT2D eigenvalue weighted by Crippen LogP contribution is -2.60. The van der Waals surface area contributed by atoms with Crippen LogP contribution in [0.1, 0.15) is 92.9 Å². The Morgan fingerprint density at radius 1 is 0.818 bits per heavy atom. The quantitative estimate of drug-likeness (QED) is 0.635. The molecule has 1 N–H and O–H groups in total. The van der Waals surface area contributed by atoms with Crippen LogP contribution in [0.15, 0.2) is 11.1 Å². The lowest BCUT2D eigenvalue weighted by Gasteiger charge is -2.60. The minimum absolute atomic E-state index is 0.0361. The van der Waals surface area contributed by atoms with Crippen LogP contribution in [0.25, 0.3) is 0 Å². The zero-order valence-electron chi connectivity index (χ0n) is 21.0. The van der Waals surface area contributed by atoms with E-state index in [0.717, 1.165) is 6.42 Å². The van der Waals surface area contributed by atoms with Crippen molar-refractivity contribution >= 4 is 23.1 Å². The van der Waals surface area contributed by atoms with Gasteiger partial charge in [-0.25, -0.2) is 0 Å². The zero-order chi connectivity index (χ0) is 24.4. The van der Waals surface area contributed by atoms with Gasteiger partial charge in [0.1, 0.15) is 17.3 Å². The molecule has 5 heteroatoms. The zero-order valence-corrected chi connectivity index (χ0v) is 21.0. The Balaban J connectivity index is 1.70. The fourth-order valence-corrected chi connectivity index (χ4v) is 9.41. The van der Waals surface area contributed by atoms with Gasteiger partial charge in [-0.2, -0.15) is 0 Å². The van der Waals surface area contributed by atoms with Gasteiger partial charge in [0.25, 0.3) is 0 Å². The number of fused-ring (bicyclic) bond motifs is 4. The summed E-state index contributed by atoms with van der Waals surface area (Å²) >= 11 is 0. The summed E-state index contributed by atoms with van der Waals surface area (Å²) in [4.78, 5) is 52.9. The molecule has 5 rings (SSSR count). The monoisotopic (exact) mass is 454 g/mol. The van der Waals surface area contributed by atoms with Gasteiger partial charge >= 0.3 is 0 Å². The maximum absolute atomic E-state index is 14.0. The Labute approximate surface area is 196 Å². The molecule has 7 atom stereocenters. The molecule has 0 aromatic carbocycles. The van der Waals surface area contributed by atoms with Crippen LogP contribution in [0.2, 0.25) is 0 Å². The van der Waals surface area contributed by atoms with Crippen LogP contribution >= 0.6 is 0 Å². The number of aliphatic hydroxyl groups is 1. The third kappa shape index (κ3) is 2.58. The molecule has 180 valence electrons. The van der Waals surface area contributed by atoms with Crippen LogP contribution in [0.3, 0.4) is 0 Å². The number of carbonyl (C=O) groups excluding carboxylic acids is 4. The van der Waals surface area contributed by atoms with Gasteiger partial charge in [-0.05, 0) is 54.4 Å². The molecule has 3 saturated carbocycles. The van der Waals surface area contributed by atoms with Crippen molar-refractivity contribution in [3.63, 3.8) is 0 Å². The van der Waals surface area contributed by atoms with E-state index in [-0.39, 0.29) is 46.8 Å². The average Bonchev–Trinajstić information content (AvgIpc) is 3.16. The van der Waals surface area contributed by atoms with Gasteiger partial charge in [0.05, 0.1) is 11.5 Å². The van der Waals surface area contributed by atoms with E-state index in [9.17, 15) is 24.3 Å². The molecule has 0 aromatic rings. The Morgan fingerprint density at radius 2 is 1.48 bits per heavy atom. The van der Waals surface area contributed by atoms with Crippen molar-refractivity contribution < 1.29 is 24.3 Å². The molecule has 0 aromatic heterocycles. The Bertz CT molecular complexity index is 1030. The predicted molar refractivity (Wildman–Crippen MR) is 123 cm³/mol. The Morgan fingerprint density at radius 3 is 2.09 bits per heavy atom. The molecular formula is C28H38O5. The lowest BCUT2D eigenvalue weighted by molar-refractivity contribution is -0.147. The Hall–Kier alpha value is -1.62. The molecule has 5 nitrogen and oxygen atoms in total. The molecule has 5 aliphatic rings. The van der Waals surface area contributed by atoms with Crippen LogP contribution in [0.4, 0.5) is 0 Å². The standard InChI is InChI=1S/C28H38O5/c1-24(2)18-11-16(30)23-22(26(18,4)10-8-20(24)32)17(31)14-27(5)19(12-21(33)28(23,27)6)25(3)9-7-15(29)13-25/h16,18-19,30H,7-14H2,1-6H3/t16-,18-,19+,25+,26-,27+,28-/m0/s1. The molecule has 33 heavy (non-hydrogen) atoms. The van der Waals surface area contributed by atoms with Gasteiger partial charge in [0.2, 0.25) is 0 Å². The number of hydrogen-bond donors (Lipinski definition) is 1. The first-order chi connectivity index (χ1) is 15.1. The summed E-state index contributed by atoms with van der Waals surface area (Å²) in [5, 5.41) is 11.6. The molecule has 0 radical (unpaired) electrons. The number of hydrogen-bond acceptors (Lipinski definition) is 5. The van der Waals surface area contributed by atoms with Crippen LogP contribution in [0.5, 0.6) is 0 Å². The maximum atomic E-state index is 14.0. The number of Topliss-reactive ketones (excluding diaryl/α,β-unsaturated/α-hetero) is 4. The highest BCUT2D eigenvalue weighted by atomic mass is 16.3. The largest absolute Gasteiger partial charge is 0.389 e. The van der Waals surface area contributed by atoms with E-state index in [1.165, 1.54) is 0 Å². The number of aliphatic hydroxyl groups excluding tert-OH is 1. The molecule has 0 unspecified atom stereocenters. The van der Waals surface area contributed by atoms with E-state index in [1.54, 1.807) is 0 Å². The number of carbonyl (C=O) groups is 4. The normalized spacial score (nSPS) is 49.2. The molecule has 5 aliphatic carbocycles. The smallest absolute Gasteiger partial charge is 0.160 e. The van der Waals surface area contributed by atoms with Crippen molar-refractivity contribution in [1.29, 1.82) is 0 Å². The lowest BCUT2D eigenvalue weighted by atomic mass is 9.42. The summed E-state index contributed by atoms with van der Waals surface area (Å²) in [6.45, 7) is 12.1. The van der Waals surface area contributed by atoms with Crippen molar-refractivity contribution in [2.24, 2.45) is 38.9 Å². The van der Waals surface area contributed by atoms with Crippen molar-refractivity contribution in [3.05, 3.63) is 11.1 Å². The van der Waals surface area contributed by atoms with E-state index in [2.05, 4.69) is 20.8 Å². The van der Waals surface area contributed by atoms with E-state index < -0.39 is 27.8 Å². The highest BCUT2D eigenvalue weighted by molar-refractivity contribution is 6.05. The SMILES string of the molecule is CC1(C)C(=O)CC[C@]2(C)C3=C([C@@H](O)C[C@@H]12)[C@]1(C)C(=O)C[C@H]([C@]2(C)CCC(=O)C2)[C@@]1(C)CC3=O. The van der Waals surface area contributed by atoms with Crippen molar-refractivity contribution in [2.75, 3.05) is 0 Å². The van der Waals surface area contributed by atoms with Gasteiger partial charge in [-0.1, -0.05) is 34.6 Å². The van der Waals surface area contributed by atoms with Gasteiger partial charge in [0.15, 0.2) is 5.78 Å². The van der Waals surface area contributed by atoms with Gasteiger partial charge < -0.3 is 5.11 Å². The summed E-state index contributed by atoms with van der Waals surface area (Å²) in [7, 11) is 0.